The van der Waals surface area contributed by atoms with Gasteiger partial charge in [0.2, 0.25) is 0 Å². The van der Waals surface area contributed by atoms with E-state index in [2.05, 4.69) is 10.1 Å². The lowest BCUT2D eigenvalue weighted by Gasteiger charge is -2.20. The Balaban J connectivity index is 2.85. The second kappa shape index (κ2) is 5.55. The highest BCUT2D eigenvalue weighted by molar-refractivity contribution is 5.85. The molecule has 6 nitrogen and oxygen atoms in total. The SMILES string of the molecule is CC(C)(C)OC(=O)Nc1cccc(OC(N)=O)c1F. The first-order valence-electron chi connectivity index (χ1n) is 5.45. The van der Waals surface area contributed by atoms with Gasteiger partial charge < -0.3 is 15.2 Å². The summed E-state index contributed by atoms with van der Waals surface area (Å²) < 4.78 is 23.2. The maximum atomic E-state index is 13.8. The molecule has 0 fully saturated rings. The van der Waals surface area contributed by atoms with Crippen LogP contribution < -0.4 is 15.8 Å². The third kappa shape index (κ3) is 4.82. The van der Waals surface area contributed by atoms with Crippen molar-refractivity contribution in [1.29, 1.82) is 0 Å². The van der Waals surface area contributed by atoms with E-state index in [1.807, 2.05) is 0 Å². The smallest absolute Gasteiger partial charge is 0.412 e. The number of halogens is 1. The first kappa shape index (κ1) is 14.7. The zero-order chi connectivity index (χ0) is 14.6. The first-order valence-corrected chi connectivity index (χ1v) is 5.45. The molecule has 0 heterocycles. The fourth-order valence-electron chi connectivity index (χ4n) is 1.21. The van der Waals surface area contributed by atoms with Gasteiger partial charge in [-0.1, -0.05) is 6.07 Å². The Morgan fingerprint density at radius 2 is 1.95 bits per heavy atom. The van der Waals surface area contributed by atoms with Gasteiger partial charge in [-0.2, -0.15) is 0 Å². The Kier molecular flexibility index (Phi) is 4.31. The molecule has 2 amide bonds. The van der Waals surface area contributed by atoms with Crippen molar-refractivity contribution in [2.45, 2.75) is 26.4 Å². The number of benzene rings is 1. The number of carbonyl (C=O) groups is 2. The summed E-state index contributed by atoms with van der Waals surface area (Å²) in [6.45, 7) is 5.03. The van der Waals surface area contributed by atoms with Gasteiger partial charge in [0.05, 0.1) is 5.69 Å². The molecule has 1 aromatic carbocycles. The summed E-state index contributed by atoms with van der Waals surface area (Å²) in [5, 5.41) is 2.21. The minimum Gasteiger partial charge on any atom is -0.444 e. The number of anilines is 1. The van der Waals surface area contributed by atoms with E-state index in [0.717, 1.165) is 0 Å². The van der Waals surface area contributed by atoms with Crippen LogP contribution in [-0.2, 0) is 4.74 Å². The van der Waals surface area contributed by atoms with Gasteiger partial charge in [0.25, 0.3) is 0 Å². The van der Waals surface area contributed by atoms with E-state index < -0.39 is 23.6 Å². The fraction of sp³-hybridized carbons (Fsp3) is 0.333. The Bertz CT molecular complexity index is 497. The molecule has 0 aliphatic heterocycles. The molecule has 0 radical (unpaired) electrons. The van der Waals surface area contributed by atoms with Crippen LogP contribution in [0.3, 0.4) is 0 Å². The number of nitrogens with one attached hydrogen (secondary N) is 1. The van der Waals surface area contributed by atoms with E-state index in [1.54, 1.807) is 20.8 Å². The predicted molar refractivity (Wildman–Crippen MR) is 66.5 cm³/mol. The van der Waals surface area contributed by atoms with Crippen molar-refractivity contribution in [2.24, 2.45) is 5.73 Å². The average molecular weight is 270 g/mol. The molecule has 0 bridgehead atoms. The average Bonchev–Trinajstić information content (AvgIpc) is 2.20. The van der Waals surface area contributed by atoms with E-state index in [-0.39, 0.29) is 11.4 Å². The Labute approximate surface area is 109 Å². The summed E-state index contributed by atoms with van der Waals surface area (Å²) in [4.78, 5) is 22.0. The molecule has 3 N–H and O–H groups in total. The van der Waals surface area contributed by atoms with Crippen LogP contribution in [-0.4, -0.2) is 17.8 Å². The number of carbonyl (C=O) groups excluding carboxylic acids is 2. The van der Waals surface area contributed by atoms with Crippen molar-refractivity contribution in [1.82, 2.24) is 0 Å². The molecular formula is C12H15FN2O4. The number of rotatable bonds is 2. The van der Waals surface area contributed by atoms with E-state index >= 15 is 0 Å². The van der Waals surface area contributed by atoms with Gasteiger partial charge in [0, 0.05) is 0 Å². The van der Waals surface area contributed by atoms with Crippen LogP contribution in [0.5, 0.6) is 5.75 Å². The number of hydrogen-bond donors (Lipinski definition) is 2. The lowest BCUT2D eigenvalue weighted by molar-refractivity contribution is 0.0635. The van der Waals surface area contributed by atoms with Crippen molar-refractivity contribution in [3.8, 4) is 5.75 Å². The van der Waals surface area contributed by atoms with Crippen LogP contribution in [0, 0.1) is 5.82 Å². The highest BCUT2D eigenvalue weighted by atomic mass is 19.1. The number of primary amides is 1. The van der Waals surface area contributed by atoms with Crippen LogP contribution in [0.4, 0.5) is 19.7 Å². The number of amides is 2. The number of nitrogens with two attached hydrogens (primary N) is 1. The largest absolute Gasteiger partial charge is 0.444 e. The molecule has 1 aromatic rings. The van der Waals surface area contributed by atoms with Gasteiger partial charge in [0.15, 0.2) is 11.6 Å². The standard InChI is InChI=1S/C12H15FN2O4/c1-12(2,3)19-11(17)15-7-5-4-6-8(9(7)13)18-10(14)16/h4-6H,1-3H3,(H2,14,16)(H,15,17). The first-order chi connectivity index (χ1) is 8.69. The van der Waals surface area contributed by atoms with Crippen LogP contribution >= 0.6 is 0 Å². The maximum Gasteiger partial charge on any atom is 0.412 e. The molecule has 0 aliphatic rings. The molecule has 0 spiro atoms. The molecule has 0 atom stereocenters. The highest BCUT2D eigenvalue weighted by Crippen LogP contribution is 2.24. The van der Waals surface area contributed by atoms with Crippen molar-refractivity contribution in [2.75, 3.05) is 5.32 Å². The summed E-state index contributed by atoms with van der Waals surface area (Å²) >= 11 is 0. The monoisotopic (exact) mass is 270 g/mol. The lowest BCUT2D eigenvalue weighted by Crippen LogP contribution is -2.27. The Morgan fingerprint density at radius 1 is 1.32 bits per heavy atom. The molecule has 0 aliphatic carbocycles. The Morgan fingerprint density at radius 3 is 2.47 bits per heavy atom. The summed E-state index contributed by atoms with van der Waals surface area (Å²) in [6, 6.07) is 3.90. The van der Waals surface area contributed by atoms with Gasteiger partial charge in [-0.05, 0) is 32.9 Å². The van der Waals surface area contributed by atoms with Crippen LogP contribution in [0.25, 0.3) is 0 Å². The van der Waals surface area contributed by atoms with E-state index in [4.69, 9.17) is 10.5 Å². The van der Waals surface area contributed by atoms with Crippen molar-refractivity contribution < 1.29 is 23.5 Å². The van der Waals surface area contributed by atoms with Gasteiger partial charge in [0.1, 0.15) is 5.60 Å². The molecular weight excluding hydrogens is 255 g/mol. The third-order valence-electron chi connectivity index (χ3n) is 1.81. The van der Waals surface area contributed by atoms with Crippen LogP contribution in [0.1, 0.15) is 20.8 Å². The molecule has 104 valence electrons. The van der Waals surface area contributed by atoms with Crippen molar-refractivity contribution in [3.05, 3.63) is 24.0 Å². The Hall–Kier alpha value is -2.31. The molecule has 0 saturated heterocycles. The van der Waals surface area contributed by atoms with E-state index in [0.29, 0.717) is 0 Å². The second-order valence-electron chi connectivity index (χ2n) is 4.67. The minimum atomic E-state index is -1.15. The molecule has 0 unspecified atom stereocenters. The van der Waals surface area contributed by atoms with Crippen molar-refractivity contribution in [3.63, 3.8) is 0 Å². The summed E-state index contributed by atoms with van der Waals surface area (Å²) in [7, 11) is 0. The quantitative estimate of drug-likeness (QED) is 0.864. The van der Waals surface area contributed by atoms with Crippen LogP contribution in [0.15, 0.2) is 18.2 Å². The second-order valence-corrected chi connectivity index (χ2v) is 4.67. The predicted octanol–water partition coefficient (Wildman–Crippen LogP) is 2.63. The molecule has 0 aromatic heterocycles. The van der Waals surface area contributed by atoms with Gasteiger partial charge >= 0.3 is 12.2 Å². The van der Waals surface area contributed by atoms with Crippen LogP contribution in [0.2, 0.25) is 0 Å². The molecule has 7 heteroatoms. The highest BCUT2D eigenvalue weighted by Gasteiger charge is 2.18. The zero-order valence-corrected chi connectivity index (χ0v) is 10.8. The fourth-order valence-corrected chi connectivity index (χ4v) is 1.21. The van der Waals surface area contributed by atoms with Gasteiger partial charge in [-0.15, -0.1) is 0 Å². The number of ether oxygens (including phenoxy) is 2. The molecule has 19 heavy (non-hydrogen) atoms. The van der Waals surface area contributed by atoms with E-state index in [9.17, 15) is 14.0 Å². The normalized spacial score (nSPS) is 10.7. The van der Waals surface area contributed by atoms with Gasteiger partial charge in [-0.3, -0.25) is 5.32 Å². The summed E-state index contributed by atoms with van der Waals surface area (Å²) in [5.74, 6) is -1.28. The maximum absolute atomic E-state index is 13.8. The third-order valence-corrected chi connectivity index (χ3v) is 1.81. The molecule has 0 saturated carbocycles. The zero-order valence-electron chi connectivity index (χ0n) is 10.8. The molecule has 1 rings (SSSR count). The summed E-state index contributed by atoms with van der Waals surface area (Å²) in [6.07, 6.45) is -1.96. The number of hydrogen-bond acceptors (Lipinski definition) is 4. The topological polar surface area (TPSA) is 90.7 Å². The van der Waals surface area contributed by atoms with Crippen molar-refractivity contribution >= 4 is 17.9 Å². The van der Waals surface area contributed by atoms with E-state index in [1.165, 1.54) is 18.2 Å². The lowest BCUT2D eigenvalue weighted by atomic mass is 10.2. The summed E-state index contributed by atoms with van der Waals surface area (Å²) in [5.41, 5.74) is 3.91. The minimum absolute atomic E-state index is 0.173. The van der Waals surface area contributed by atoms with Gasteiger partial charge in [-0.25, -0.2) is 14.0 Å².